The fourth-order valence-electron chi connectivity index (χ4n) is 3.94. The lowest BCUT2D eigenvalue weighted by molar-refractivity contribution is -0.110. The normalized spacial score (nSPS) is 12.6. The van der Waals surface area contributed by atoms with Crippen molar-refractivity contribution in [2.45, 2.75) is 79.2 Å². The predicted octanol–water partition coefficient (Wildman–Crippen LogP) is 8.19. The van der Waals surface area contributed by atoms with Crippen molar-refractivity contribution in [2.75, 3.05) is 0 Å². The Morgan fingerprint density at radius 1 is 1.17 bits per heavy atom. The number of nitrogens with zero attached hydrogens (tertiary/aromatic N) is 2. The predicted molar refractivity (Wildman–Crippen MR) is 151 cm³/mol. The van der Waals surface area contributed by atoms with Crippen molar-refractivity contribution >= 4 is 23.3 Å². The Morgan fingerprint density at radius 3 is 2.39 bits per heavy atom. The summed E-state index contributed by atoms with van der Waals surface area (Å²) in [7, 11) is 0. The van der Waals surface area contributed by atoms with E-state index >= 15 is 0 Å². The lowest BCUT2D eigenvalue weighted by atomic mass is 9.70. The van der Waals surface area contributed by atoms with Crippen LogP contribution in [0.25, 0.3) is 11.1 Å². The molecule has 0 saturated carbocycles. The molecule has 0 fully saturated rings. The first kappa shape index (κ1) is 30.7. The lowest BCUT2D eigenvalue weighted by Gasteiger charge is -2.34. The van der Waals surface area contributed by atoms with Gasteiger partial charge in [0.2, 0.25) is 5.88 Å². The number of carbonyl (C=O) groups excluding carboxylic acids is 1. The number of pyridine rings is 1. The van der Waals surface area contributed by atoms with Gasteiger partial charge in [0, 0.05) is 28.3 Å². The third-order valence-corrected chi connectivity index (χ3v) is 6.63. The molecule has 3 aromatic rings. The third kappa shape index (κ3) is 7.86. The molecule has 0 aliphatic heterocycles. The van der Waals surface area contributed by atoms with Crippen LogP contribution in [0, 0.1) is 16.7 Å². The molecule has 192 valence electrons. The first-order chi connectivity index (χ1) is 17.3. The third-order valence-electron chi connectivity index (χ3n) is 5.42. The van der Waals surface area contributed by atoms with Crippen molar-refractivity contribution < 1.29 is 9.53 Å². The van der Waals surface area contributed by atoms with E-state index in [2.05, 4.69) is 17.1 Å². The van der Waals surface area contributed by atoms with Crippen LogP contribution in [0.1, 0.15) is 83.7 Å². The molecule has 3 rings (SSSR count). The number of nitrogens with one attached hydrogen (secondary N) is 1. The van der Waals surface area contributed by atoms with Gasteiger partial charge in [-0.1, -0.05) is 52.8 Å². The zero-order valence-corrected chi connectivity index (χ0v) is 23.6. The minimum atomic E-state index is -0.606. The van der Waals surface area contributed by atoms with Gasteiger partial charge in [0.15, 0.2) is 0 Å². The van der Waals surface area contributed by atoms with Gasteiger partial charge < -0.3 is 14.9 Å². The topological polar surface area (TPSA) is 86.8 Å². The maximum absolute atomic E-state index is 12.4. The molecular formula is C30H39N3O2S. The van der Waals surface area contributed by atoms with Crippen molar-refractivity contribution in [3.63, 3.8) is 0 Å². The van der Waals surface area contributed by atoms with Gasteiger partial charge in [-0.3, -0.25) is 0 Å². The van der Waals surface area contributed by atoms with Crippen LogP contribution in [0.3, 0.4) is 0 Å². The van der Waals surface area contributed by atoms with Crippen LogP contribution < -0.4 is 4.74 Å². The van der Waals surface area contributed by atoms with E-state index in [0.717, 1.165) is 27.9 Å². The molecular weight excluding hydrogens is 466 g/mol. The molecule has 2 atom stereocenters. The maximum Gasteiger partial charge on any atom is 0.213 e. The van der Waals surface area contributed by atoms with Crippen molar-refractivity contribution in [3.8, 4) is 23.1 Å². The number of hydrogen-bond donors (Lipinski definition) is 1. The van der Waals surface area contributed by atoms with Crippen molar-refractivity contribution in [1.82, 2.24) is 4.98 Å². The second kappa shape index (κ2) is 15.0. The Morgan fingerprint density at radius 2 is 1.86 bits per heavy atom. The summed E-state index contributed by atoms with van der Waals surface area (Å²) in [6.07, 6.45) is 3.11. The second-order valence-electron chi connectivity index (χ2n) is 8.48. The van der Waals surface area contributed by atoms with Crippen LogP contribution in [0.2, 0.25) is 0 Å². The van der Waals surface area contributed by atoms with E-state index in [4.69, 9.17) is 10.1 Å². The monoisotopic (exact) mass is 505 g/mol. The zero-order valence-electron chi connectivity index (χ0n) is 22.8. The van der Waals surface area contributed by atoms with Crippen LogP contribution in [0.5, 0.6) is 5.88 Å². The second-order valence-corrected chi connectivity index (χ2v) is 9.39. The Balaban J connectivity index is 0.00000154. The first-order valence-electron chi connectivity index (χ1n) is 12.5. The van der Waals surface area contributed by atoms with Crippen LogP contribution in [-0.2, 0) is 10.2 Å². The van der Waals surface area contributed by atoms with Crippen molar-refractivity contribution in [1.29, 1.82) is 10.7 Å². The van der Waals surface area contributed by atoms with Crippen LogP contribution in [0.15, 0.2) is 54.0 Å². The molecule has 0 radical (unpaired) electrons. The minimum absolute atomic E-state index is 0.0186. The summed E-state index contributed by atoms with van der Waals surface area (Å²) in [6, 6.07) is 15.4. The van der Waals surface area contributed by atoms with E-state index in [-0.39, 0.29) is 6.10 Å². The molecule has 0 spiro atoms. The highest BCUT2D eigenvalue weighted by Crippen LogP contribution is 2.45. The van der Waals surface area contributed by atoms with E-state index in [1.807, 2.05) is 78.1 Å². The van der Waals surface area contributed by atoms with Gasteiger partial charge in [-0.15, -0.1) is 11.3 Å². The molecule has 6 heteroatoms. The summed E-state index contributed by atoms with van der Waals surface area (Å²) >= 11 is 1.57. The molecule has 0 bridgehead atoms. The summed E-state index contributed by atoms with van der Waals surface area (Å²) in [4.78, 5) is 17.8. The highest BCUT2D eigenvalue weighted by Gasteiger charge is 2.39. The van der Waals surface area contributed by atoms with Gasteiger partial charge in [-0.05, 0) is 67.5 Å². The van der Waals surface area contributed by atoms with Crippen molar-refractivity contribution in [2.24, 2.45) is 0 Å². The summed E-state index contributed by atoms with van der Waals surface area (Å²) in [6.45, 7) is 15.7. The van der Waals surface area contributed by atoms with E-state index in [9.17, 15) is 10.1 Å². The number of aldehydes is 1. The molecule has 0 amide bonds. The molecule has 2 unspecified atom stereocenters. The fourth-order valence-corrected chi connectivity index (χ4v) is 5.06. The summed E-state index contributed by atoms with van der Waals surface area (Å²) in [5.74, 6) is 0.0504. The van der Waals surface area contributed by atoms with Gasteiger partial charge in [0.1, 0.15) is 6.29 Å². The van der Waals surface area contributed by atoms with E-state index < -0.39 is 11.3 Å². The number of hydrogen-bond acceptors (Lipinski definition) is 6. The molecule has 36 heavy (non-hydrogen) atoms. The number of thiophene rings is 1. The smallest absolute Gasteiger partial charge is 0.213 e. The molecule has 0 aliphatic rings. The lowest BCUT2D eigenvalue weighted by Crippen LogP contribution is -2.33. The largest absolute Gasteiger partial charge is 0.475 e. The quantitative estimate of drug-likeness (QED) is 0.234. The SMILES string of the molecule is CC.CC.CC(=N)CC(C)(c1cc(-c2cccc(C#N)c2)cs1)C(C=O)c1ccc(OC(C)C)nc1. The van der Waals surface area contributed by atoms with E-state index in [0.29, 0.717) is 23.6 Å². The van der Waals surface area contributed by atoms with Gasteiger partial charge in [-0.25, -0.2) is 4.98 Å². The summed E-state index contributed by atoms with van der Waals surface area (Å²) < 4.78 is 5.63. The fraction of sp³-hybridized carbons (Fsp3) is 0.400. The number of ether oxygens (including phenoxy) is 1. The van der Waals surface area contributed by atoms with Crippen molar-refractivity contribution in [3.05, 3.63) is 70.0 Å². The maximum atomic E-state index is 12.4. The van der Waals surface area contributed by atoms with E-state index in [1.165, 1.54) is 0 Å². The number of carbonyl (C=O) groups is 1. The Bertz CT molecular complexity index is 1150. The molecule has 0 saturated heterocycles. The van der Waals surface area contributed by atoms with Gasteiger partial charge in [-0.2, -0.15) is 5.26 Å². The highest BCUT2D eigenvalue weighted by molar-refractivity contribution is 7.10. The standard InChI is InChI=1S/C26H27N3O2S.2C2H6/c1-17(2)31-25-9-8-21(14-29-25)23(15-30)26(4,12-18(3)28)24-11-22(16-32-24)20-7-5-6-19(10-20)13-27;2*1-2/h5-11,14-17,23,28H,12H2,1-4H3;2*1-2H3. The average Bonchev–Trinajstić information content (AvgIpc) is 3.39. The summed E-state index contributed by atoms with van der Waals surface area (Å²) in [5.41, 5.74) is 3.26. The molecule has 2 heterocycles. The van der Waals surface area contributed by atoms with Gasteiger partial charge >= 0.3 is 0 Å². The molecule has 2 aromatic heterocycles. The molecule has 1 aromatic carbocycles. The average molecular weight is 506 g/mol. The van der Waals surface area contributed by atoms with Crippen LogP contribution in [-0.4, -0.2) is 23.1 Å². The van der Waals surface area contributed by atoms with Crippen LogP contribution in [0.4, 0.5) is 0 Å². The Hall–Kier alpha value is -3.30. The number of aromatic nitrogens is 1. The number of rotatable bonds is 9. The van der Waals surface area contributed by atoms with Gasteiger partial charge in [0.05, 0.1) is 23.7 Å². The Kier molecular flexibility index (Phi) is 12.8. The zero-order chi connectivity index (χ0) is 27.3. The van der Waals surface area contributed by atoms with Gasteiger partial charge in [0.25, 0.3) is 0 Å². The number of nitriles is 1. The number of benzene rings is 1. The Labute approximate surface area is 220 Å². The van der Waals surface area contributed by atoms with E-state index in [1.54, 1.807) is 36.6 Å². The molecule has 1 N–H and O–H groups in total. The van der Waals surface area contributed by atoms with Crippen LogP contribution >= 0.6 is 11.3 Å². The molecule has 0 aliphatic carbocycles. The highest BCUT2D eigenvalue weighted by atomic mass is 32.1. The minimum Gasteiger partial charge on any atom is -0.475 e. The summed E-state index contributed by atoms with van der Waals surface area (Å²) in [5, 5.41) is 19.4. The first-order valence-corrected chi connectivity index (χ1v) is 13.4. The molecule has 5 nitrogen and oxygen atoms in total.